The van der Waals surface area contributed by atoms with Crippen LogP contribution in [0.2, 0.25) is 0 Å². The minimum Gasteiger partial charge on any atom is -0.493 e. The van der Waals surface area contributed by atoms with Crippen molar-refractivity contribution in [3.05, 3.63) is 64.2 Å². The van der Waals surface area contributed by atoms with Gasteiger partial charge in [0.05, 0.1) is 25.1 Å². The first-order chi connectivity index (χ1) is 12.2. The Bertz CT molecular complexity index is 1050. The number of benzene rings is 2. The van der Waals surface area contributed by atoms with Crippen molar-refractivity contribution in [2.75, 3.05) is 14.2 Å². The van der Waals surface area contributed by atoms with Crippen LogP contribution in [-0.4, -0.2) is 23.8 Å². The number of hydrogen-bond donors (Lipinski definition) is 0. The molecule has 2 aromatic carbocycles. The van der Waals surface area contributed by atoms with Crippen LogP contribution in [0.25, 0.3) is 22.6 Å². The number of nitrogens with zero attached hydrogens (tertiary/aromatic N) is 2. The van der Waals surface area contributed by atoms with Crippen LogP contribution in [0.5, 0.6) is 11.5 Å². The molecule has 0 atom stereocenters. The molecule has 0 unspecified atom stereocenters. The number of methoxy groups -OCH3 is 2. The lowest BCUT2D eigenvalue weighted by Crippen LogP contribution is -2.14. The SMILES string of the molecule is COc1cccc(/C=C2/CCn3c2nc(=O)c2ccccc23)c1OC. The molecule has 0 spiro atoms. The molecule has 0 bridgehead atoms. The summed E-state index contributed by atoms with van der Waals surface area (Å²) in [6, 6.07) is 13.4. The summed E-state index contributed by atoms with van der Waals surface area (Å²) in [7, 11) is 3.24. The van der Waals surface area contributed by atoms with E-state index in [0.29, 0.717) is 16.9 Å². The first-order valence-electron chi connectivity index (χ1n) is 8.14. The normalized spacial score (nSPS) is 14.7. The predicted molar refractivity (Wildman–Crippen MR) is 98.0 cm³/mol. The number of para-hydroxylation sites is 2. The van der Waals surface area contributed by atoms with Crippen molar-refractivity contribution in [2.24, 2.45) is 0 Å². The zero-order chi connectivity index (χ0) is 17.4. The van der Waals surface area contributed by atoms with Crippen molar-refractivity contribution in [1.82, 2.24) is 9.55 Å². The lowest BCUT2D eigenvalue weighted by Gasteiger charge is -2.11. The molecule has 5 nitrogen and oxygen atoms in total. The second-order valence-corrected chi connectivity index (χ2v) is 5.91. The molecule has 1 aliphatic heterocycles. The van der Waals surface area contributed by atoms with Crippen LogP contribution >= 0.6 is 0 Å². The quantitative estimate of drug-likeness (QED) is 0.737. The highest BCUT2D eigenvalue weighted by molar-refractivity contribution is 5.87. The first kappa shape index (κ1) is 15.4. The summed E-state index contributed by atoms with van der Waals surface area (Å²) in [4.78, 5) is 16.7. The number of rotatable bonds is 3. The van der Waals surface area contributed by atoms with Crippen LogP contribution in [0.1, 0.15) is 17.8 Å². The van der Waals surface area contributed by atoms with Gasteiger partial charge in [-0.1, -0.05) is 24.3 Å². The van der Waals surface area contributed by atoms with E-state index in [9.17, 15) is 4.79 Å². The molecule has 0 fully saturated rings. The maximum absolute atomic E-state index is 12.4. The monoisotopic (exact) mass is 334 g/mol. The Labute approximate surface area is 145 Å². The fourth-order valence-corrected chi connectivity index (χ4v) is 3.39. The molecule has 1 aliphatic rings. The van der Waals surface area contributed by atoms with Crippen molar-refractivity contribution < 1.29 is 9.47 Å². The Balaban J connectivity index is 1.90. The Morgan fingerprint density at radius 2 is 1.92 bits per heavy atom. The molecule has 0 N–H and O–H groups in total. The van der Waals surface area contributed by atoms with E-state index in [1.807, 2.05) is 48.5 Å². The van der Waals surface area contributed by atoms with Crippen LogP contribution in [0.3, 0.4) is 0 Å². The summed E-state index contributed by atoms with van der Waals surface area (Å²) in [5, 5.41) is 0.659. The summed E-state index contributed by atoms with van der Waals surface area (Å²) in [5.74, 6) is 2.09. The molecule has 0 saturated carbocycles. The molecule has 25 heavy (non-hydrogen) atoms. The summed E-state index contributed by atoms with van der Waals surface area (Å²) in [5.41, 5.74) is 2.67. The van der Waals surface area contributed by atoms with Gasteiger partial charge in [-0.25, -0.2) is 0 Å². The highest BCUT2D eigenvalue weighted by Gasteiger charge is 2.21. The van der Waals surface area contributed by atoms with Crippen molar-refractivity contribution in [3.63, 3.8) is 0 Å². The van der Waals surface area contributed by atoms with Gasteiger partial charge in [0.2, 0.25) is 0 Å². The van der Waals surface area contributed by atoms with Gasteiger partial charge in [0.25, 0.3) is 5.56 Å². The van der Waals surface area contributed by atoms with Crippen LogP contribution < -0.4 is 15.0 Å². The molecule has 3 aromatic rings. The Hall–Kier alpha value is -3.08. The number of hydrogen-bond acceptors (Lipinski definition) is 4. The summed E-state index contributed by atoms with van der Waals surface area (Å²) >= 11 is 0. The number of fused-ring (bicyclic) bond motifs is 3. The van der Waals surface area contributed by atoms with Gasteiger partial charge in [-0.2, -0.15) is 4.98 Å². The topological polar surface area (TPSA) is 53.4 Å². The van der Waals surface area contributed by atoms with Gasteiger partial charge in [-0.3, -0.25) is 4.79 Å². The van der Waals surface area contributed by atoms with Crippen molar-refractivity contribution in [1.29, 1.82) is 0 Å². The van der Waals surface area contributed by atoms with Gasteiger partial charge in [0, 0.05) is 12.1 Å². The zero-order valence-electron chi connectivity index (χ0n) is 14.2. The van der Waals surface area contributed by atoms with Crippen LogP contribution in [0, 0.1) is 0 Å². The second-order valence-electron chi connectivity index (χ2n) is 5.91. The van der Waals surface area contributed by atoms with Crippen LogP contribution in [0.4, 0.5) is 0 Å². The lowest BCUT2D eigenvalue weighted by molar-refractivity contribution is 0.354. The molecule has 4 rings (SSSR count). The minimum atomic E-state index is -0.188. The Kier molecular flexibility index (Phi) is 3.76. The van der Waals surface area contributed by atoms with Gasteiger partial charge >= 0.3 is 0 Å². The maximum atomic E-state index is 12.4. The minimum absolute atomic E-state index is 0.188. The second kappa shape index (κ2) is 6.09. The molecule has 1 aromatic heterocycles. The first-order valence-corrected chi connectivity index (χ1v) is 8.14. The third-order valence-corrected chi connectivity index (χ3v) is 4.54. The number of allylic oxidation sites excluding steroid dienone is 1. The Morgan fingerprint density at radius 3 is 2.72 bits per heavy atom. The highest BCUT2D eigenvalue weighted by Crippen LogP contribution is 2.35. The average molecular weight is 334 g/mol. The molecule has 0 saturated heterocycles. The molecular formula is C20H18N2O3. The summed E-state index contributed by atoms with van der Waals surface area (Å²) < 4.78 is 13.0. The number of aryl methyl sites for hydroxylation is 1. The van der Waals surface area contributed by atoms with Gasteiger partial charge in [0.1, 0.15) is 5.82 Å². The standard InChI is InChI=1S/C20H18N2O3/c1-24-17-9-5-6-13(18(17)25-2)12-14-10-11-22-16-8-4-3-7-15(16)20(23)21-19(14)22/h3-9,12H,10-11H2,1-2H3/b14-12-. The van der Waals surface area contributed by atoms with E-state index in [2.05, 4.69) is 9.55 Å². The van der Waals surface area contributed by atoms with E-state index in [4.69, 9.17) is 9.47 Å². The maximum Gasteiger partial charge on any atom is 0.281 e. The lowest BCUT2D eigenvalue weighted by atomic mass is 10.1. The third kappa shape index (κ3) is 2.48. The molecule has 2 heterocycles. The summed E-state index contributed by atoms with van der Waals surface area (Å²) in [6.07, 6.45) is 2.85. The molecule has 0 aliphatic carbocycles. The molecule has 0 radical (unpaired) electrons. The van der Waals surface area contributed by atoms with Gasteiger partial charge in [-0.05, 0) is 36.3 Å². The number of ether oxygens (including phenoxy) is 2. The third-order valence-electron chi connectivity index (χ3n) is 4.54. The molecule has 0 amide bonds. The Morgan fingerprint density at radius 1 is 1.08 bits per heavy atom. The number of aromatic nitrogens is 2. The van der Waals surface area contributed by atoms with Gasteiger partial charge in [0.15, 0.2) is 11.5 Å². The fraction of sp³-hybridized carbons (Fsp3) is 0.200. The highest BCUT2D eigenvalue weighted by atomic mass is 16.5. The predicted octanol–water partition coefficient (Wildman–Crippen LogP) is 3.36. The fourth-order valence-electron chi connectivity index (χ4n) is 3.39. The van der Waals surface area contributed by atoms with Gasteiger partial charge in [-0.15, -0.1) is 0 Å². The van der Waals surface area contributed by atoms with E-state index in [0.717, 1.165) is 35.4 Å². The largest absolute Gasteiger partial charge is 0.493 e. The van der Waals surface area contributed by atoms with E-state index < -0.39 is 0 Å². The van der Waals surface area contributed by atoms with Crippen LogP contribution in [0.15, 0.2) is 47.3 Å². The molecular weight excluding hydrogens is 316 g/mol. The van der Waals surface area contributed by atoms with Crippen LogP contribution in [-0.2, 0) is 6.54 Å². The van der Waals surface area contributed by atoms with E-state index in [1.54, 1.807) is 14.2 Å². The summed E-state index contributed by atoms with van der Waals surface area (Å²) in [6.45, 7) is 0.807. The van der Waals surface area contributed by atoms with E-state index >= 15 is 0 Å². The average Bonchev–Trinajstić information content (AvgIpc) is 3.04. The van der Waals surface area contributed by atoms with Crippen molar-refractivity contribution >= 4 is 22.6 Å². The zero-order valence-corrected chi connectivity index (χ0v) is 14.2. The van der Waals surface area contributed by atoms with Crippen molar-refractivity contribution in [3.8, 4) is 11.5 Å². The van der Waals surface area contributed by atoms with Crippen molar-refractivity contribution in [2.45, 2.75) is 13.0 Å². The molecule has 5 heteroatoms. The van der Waals surface area contributed by atoms with E-state index in [1.165, 1.54) is 0 Å². The van der Waals surface area contributed by atoms with E-state index in [-0.39, 0.29) is 5.56 Å². The molecule has 126 valence electrons. The van der Waals surface area contributed by atoms with Gasteiger partial charge < -0.3 is 14.0 Å². The smallest absolute Gasteiger partial charge is 0.281 e.